The molecule has 0 amide bonds. The minimum Gasteiger partial charge on any atom is -0.372 e. The Morgan fingerprint density at radius 1 is 1.21 bits per heavy atom. The molecular weight excluding hydrogens is 174 g/mol. The number of likely N-dealkylation sites (N-methyl/N-ethyl adjacent to an activating group) is 1. The van der Waals surface area contributed by atoms with Gasteiger partial charge < -0.3 is 9.64 Å². The van der Waals surface area contributed by atoms with Crippen LogP contribution in [0.15, 0.2) is 24.3 Å². The van der Waals surface area contributed by atoms with E-state index in [1.807, 2.05) is 0 Å². The van der Waals surface area contributed by atoms with Gasteiger partial charge in [0.25, 0.3) is 0 Å². The maximum Gasteiger partial charge on any atom is 0.0801 e. The predicted octanol–water partition coefficient (Wildman–Crippen LogP) is 2.38. The van der Waals surface area contributed by atoms with Crippen molar-refractivity contribution in [2.24, 2.45) is 0 Å². The molecule has 1 aromatic rings. The van der Waals surface area contributed by atoms with Gasteiger partial charge in [-0.2, -0.15) is 0 Å². The highest BCUT2D eigenvalue weighted by Crippen LogP contribution is 2.33. The van der Waals surface area contributed by atoms with Crippen LogP contribution in [0.1, 0.15) is 30.2 Å². The summed E-state index contributed by atoms with van der Waals surface area (Å²) in [6.07, 6.45) is 0.238. The minimum absolute atomic E-state index is 0.238. The highest BCUT2D eigenvalue weighted by Gasteiger charge is 2.25. The van der Waals surface area contributed by atoms with Gasteiger partial charge in [0.1, 0.15) is 0 Å². The first kappa shape index (κ1) is 9.69. The Kier molecular flexibility index (Phi) is 2.57. The molecule has 0 saturated carbocycles. The lowest BCUT2D eigenvalue weighted by atomic mass is 9.94. The number of ether oxygens (including phenoxy) is 1. The smallest absolute Gasteiger partial charge is 0.0801 e. The molecule has 2 nitrogen and oxygen atoms in total. The molecule has 0 N–H and O–H groups in total. The van der Waals surface area contributed by atoms with Crippen molar-refractivity contribution >= 4 is 0 Å². The van der Waals surface area contributed by atoms with Gasteiger partial charge in [-0.1, -0.05) is 24.3 Å². The van der Waals surface area contributed by atoms with Gasteiger partial charge in [-0.15, -0.1) is 0 Å². The van der Waals surface area contributed by atoms with E-state index >= 15 is 0 Å². The molecule has 0 spiro atoms. The van der Waals surface area contributed by atoms with Gasteiger partial charge in [-0.3, -0.25) is 0 Å². The van der Waals surface area contributed by atoms with E-state index in [2.05, 4.69) is 50.2 Å². The van der Waals surface area contributed by atoms with Crippen LogP contribution >= 0.6 is 0 Å². The first-order valence-corrected chi connectivity index (χ1v) is 5.07. The van der Waals surface area contributed by atoms with Crippen LogP contribution in [0.25, 0.3) is 0 Å². The van der Waals surface area contributed by atoms with Crippen molar-refractivity contribution in [3.8, 4) is 0 Å². The summed E-state index contributed by atoms with van der Waals surface area (Å²) in [5.74, 6) is 0. The van der Waals surface area contributed by atoms with E-state index in [-0.39, 0.29) is 6.10 Å². The van der Waals surface area contributed by atoms with Gasteiger partial charge in [0.2, 0.25) is 0 Å². The highest BCUT2D eigenvalue weighted by molar-refractivity contribution is 5.33. The second-order valence-electron chi connectivity index (χ2n) is 4.08. The van der Waals surface area contributed by atoms with E-state index in [1.165, 1.54) is 11.1 Å². The fraction of sp³-hybridized carbons (Fsp3) is 0.500. The Hall–Kier alpha value is -0.860. The summed E-state index contributed by atoms with van der Waals surface area (Å²) in [5, 5.41) is 0. The zero-order chi connectivity index (χ0) is 10.1. The van der Waals surface area contributed by atoms with Crippen molar-refractivity contribution in [3.63, 3.8) is 0 Å². The van der Waals surface area contributed by atoms with E-state index < -0.39 is 0 Å². The molecule has 0 saturated heterocycles. The number of hydrogen-bond acceptors (Lipinski definition) is 2. The first-order chi connectivity index (χ1) is 6.70. The largest absolute Gasteiger partial charge is 0.372 e. The number of rotatable bonds is 1. The van der Waals surface area contributed by atoms with Crippen LogP contribution in [0.3, 0.4) is 0 Å². The maximum atomic E-state index is 5.74. The van der Waals surface area contributed by atoms with Crippen molar-refractivity contribution in [1.82, 2.24) is 4.90 Å². The van der Waals surface area contributed by atoms with E-state index in [0.29, 0.717) is 6.04 Å². The highest BCUT2D eigenvalue weighted by atomic mass is 16.5. The second kappa shape index (κ2) is 3.71. The lowest BCUT2D eigenvalue weighted by Crippen LogP contribution is -2.30. The van der Waals surface area contributed by atoms with E-state index in [1.54, 1.807) is 0 Å². The van der Waals surface area contributed by atoms with Gasteiger partial charge in [0, 0.05) is 0 Å². The molecule has 0 radical (unpaired) electrons. The molecule has 14 heavy (non-hydrogen) atoms. The van der Waals surface area contributed by atoms with Gasteiger partial charge in [-0.05, 0) is 32.1 Å². The van der Waals surface area contributed by atoms with Crippen LogP contribution < -0.4 is 0 Å². The topological polar surface area (TPSA) is 12.5 Å². The molecule has 0 unspecified atom stereocenters. The fourth-order valence-electron chi connectivity index (χ4n) is 2.03. The Labute approximate surface area is 85.5 Å². The zero-order valence-corrected chi connectivity index (χ0v) is 9.03. The molecule has 76 valence electrons. The van der Waals surface area contributed by atoms with Crippen LogP contribution in [0.5, 0.6) is 0 Å². The molecule has 2 heteroatoms. The summed E-state index contributed by atoms with van der Waals surface area (Å²) in [7, 11) is 4.20. The lowest BCUT2D eigenvalue weighted by Gasteiger charge is -2.33. The normalized spacial score (nSPS) is 26.3. The minimum atomic E-state index is 0.238. The molecule has 1 heterocycles. The van der Waals surface area contributed by atoms with Crippen LogP contribution in [0.2, 0.25) is 0 Å². The summed E-state index contributed by atoms with van der Waals surface area (Å²) < 4.78 is 5.74. The third-order valence-electron chi connectivity index (χ3n) is 2.92. The van der Waals surface area contributed by atoms with E-state index in [9.17, 15) is 0 Å². The molecule has 0 aromatic heterocycles. The maximum absolute atomic E-state index is 5.74. The van der Waals surface area contributed by atoms with Crippen LogP contribution in [0.4, 0.5) is 0 Å². The molecule has 0 bridgehead atoms. The molecule has 0 aliphatic carbocycles. The molecule has 2 atom stereocenters. The number of nitrogens with zero attached hydrogens (tertiary/aromatic N) is 1. The molecule has 1 aromatic carbocycles. The summed E-state index contributed by atoms with van der Waals surface area (Å²) in [5.41, 5.74) is 2.74. The molecule has 1 aliphatic heterocycles. The summed E-state index contributed by atoms with van der Waals surface area (Å²) in [6.45, 7) is 2.91. The van der Waals surface area contributed by atoms with Crippen molar-refractivity contribution in [3.05, 3.63) is 35.4 Å². The quantitative estimate of drug-likeness (QED) is 0.675. The Balaban J connectivity index is 2.41. The van der Waals surface area contributed by atoms with Gasteiger partial charge in [0.15, 0.2) is 0 Å². The van der Waals surface area contributed by atoms with Crippen LogP contribution in [-0.2, 0) is 4.74 Å². The lowest BCUT2D eigenvalue weighted by molar-refractivity contribution is 0.00948. The Morgan fingerprint density at radius 3 is 2.50 bits per heavy atom. The average Bonchev–Trinajstić information content (AvgIpc) is 2.18. The van der Waals surface area contributed by atoms with E-state index in [0.717, 1.165) is 6.61 Å². The third kappa shape index (κ3) is 1.56. The van der Waals surface area contributed by atoms with Gasteiger partial charge in [-0.25, -0.2) is 0 Å². The Morgan fingerprint density at radius 2 is 1.86 bits per heavy atom. The fourth-order valence-corrected chi connectivity index (χ4v) is 2.03. The van der Waals surface area contributed by atoms with Gasteiger partial charge in [0.05, 0.1) is 18.8 Å². The third-order valence-corrected chi connectivity index (χ3v) is 2.92. The first-order valence-electron chi connectivity index (χ1n) is 5.07. The molecule has 1 aliphatic rings. The van der Waals surface area contributed by atoms with Crippen molar-refractivity contribution < 1.29 is 4.74 Å². The summed E-state index contributed by atoms with van der Waals surface area (Å²) in [6, 6.07) is 8.96. The van der Waals surface area contributed by atoms with Crippen LogP contribution in [0, 0.1) is 0 Å². The van der Waals surface area contributed by atoms with E-state index in [4.69, 9.17) is 4.74 Å². The average molecular weight is 191 g/mol. The second-order valence-corrected chi connectivity index (χ2v) is 4.08. The molecular formula is C12H17NO. The number of benzene rings is 1. The monoisotopic (exact) mass is 191 g/mol. The SMILES string of the molecule is C[C@@H]1OC[C@@H](N(C)C)c2ccccc21. The Bertz CT molecular complexity index is 322. The van der Waals surface area contributed by atoms with Crippen molar-refractivity contribution in [2.45, 2.75) is 19.1 Å². The standard InChI is InChI=1S/C12H17NO/c1-9-10-6-4-5-7-11(10)12(8-14-9)13(2)3/h4-7,9,12H,8H2,1-3H3/t9-,12+/m0/s1. The van der Waals surface area contributed by atoms with Crippen molar-refractivity contribution in [1.29, 1.82) is 0 Å². The van der Waals surface area contributed by atoms with Crippen molar-refractivity contribution in [2.75, 3.05) is 20.7 Å². The van der Waals surface area contributed by atoms with Gasteiger partial charge >= 0.3 is 0 Å². The van der Waals surface area contributed by atoms with Crippen LogP contribution in [-0.4, -0.2) is 25.6 Å². The number of fused-ring (bicyclic) bond motifs is 1. The number of hydrogen-bond donors (Lipinski definition) is 0. The predicted molar refractivity (Wildman–Crippen MR) is 57.2 cm³/mol. The summed E-state index contributed by atoms with van der Waals surface area (Å²) >= 11 is 0. The molecule has 0 fully saturated rings. The molecule has 2 rings (SSSR count). The summed E-state index contributed by atoms with van der Waals surface area (Å²) in [4.78, 5) is 2.21. The zero-order valence-electron chi connectivity index (χ0n) is 9.03.